The van der Waals surface area contributed by atoms with Gasteiger partial charge in [0, 0.05) is 26.2 Å². The summed E-state index contributed by atoms with van der Waals surface area (Å²) in [6, 6.07) is 12.0. The van der Waals surface area contributed by atoms with Crippen molar-refractivity contribution in [3.63, 3.8) is 0 Å². The number of amides is 1. The second-order valence-electron chi connectivity index (χ2n) is 5.60. The van der Waals surface area contributed by atoms with Crippen LogP contribution in [0.2, 0.25) is 5.02 Å². The lowest BCUT2D eigenvalue weighted by Gasteiger charge is -2.14. The van der Waals surface area contributed by atoms with E-state index < -0.39 is 10.0 Å². The number of aryl methyl sites for hydroxylation is 1. The average molecular weight is 367 g/mol. The topological polar surface area (TPSA) is 66.5 Å². The Labute approximate surface area is 147 Å². The SMILES string of the molecule is Cc1ccc(CNC(=O)c2ccc(Cl)c(S(=O)(=O)N(C)C)c2)cc1. The lowest BCUT2D eigenvalue weighted by Crippen LogP contribution is -2.25. The molecule has 0 aliphatic carbocycles. The maximum Gasteiger partial charge on any atom is 0.251 e. The lowest BCUT2D eigenvalue weighted by atomic mass is 10.1. The molecular weight excluding hydrogens is 348 g/mol. The molecule has 0 aliphatic rings. The highest BCUT2D eigenvalue weighted by Crippen LogP contribution is 2.24. The average Bonchev–Trinajstić information content (AvgIpc) is 2.54. The molecule has 0 unspecified atom stereocenters. The lowest BCUT2D eigenvalue weighted by molar-refractivity contribution is 0.0950. The Bertz CT molecular complexity index is 847. The summed E-state index contributed by atoms with van der Waals surface area (Å²) in [7, 11) is -0.889. The van der Waals surface area contributed by atoms with Crippen molar-refractivity contribution in [1.29, 1.82) is 0 Å². The predicted molar refractivity (Wildman–Crippen MR) is 94.7 cm³/mol. The Hall–Kier alpha value is -1.89. The van der Waals surface area contributed by atoms with Gasteiger partial charge in [-0.05, 0) is 30.7 Å². The molecule has 128 valence electrons. The van der Waals surface area contributed by atoms with Crippen molar-refractivity contribution >= 4 is 27.5 Å². The molecular formula is C17H19ClN2O3S. The summed E-state index contributed by atoms with van der Waals surface area (Å²) in [4.78, 5) is 12.2. The third-order valence-electron chi connectivity index (χ3n) is 3.53. The van der Waals surface area contributed by atoms with Gasteiger partial charge in [-0.15, -0.1) is 0 Å². The normalized spacial score (nSPS) is 11.5. The van der Waals surface area contributed by atoms with Crippen LogP contribution in [0.1, 0.15) is 21.5 Å². The van der Waals surface area contributed by atoms with Crippen LogP contribution in [0, 0.1) is 6.92 Å². The zero-order valence-corrected chi connectivity index (χ0v) is 15.3. The van der Waals surface area contributed by atoms with Gasteiger partial charge in [-0.1, -0.05) is 41.4 Å². The number of halogens is 1. The fourth-order valence-electron chi connectivity index (χ4n) is 2.03. The Balaban J connectivity index is 2.20. The standard InChI is InChI=1S/C17H19ClN2O3S/c1-12-4-6-13(7-5-12)11-19-17(21)14-8-9-15(18)16(10-14)24(22,23)20(2)3/h4-10H,11H2,1-3H3,(H,19,21). The van der Waals surface area contributed by atoms with Gasteiger partial charge in [-0.3, -0.25) is 4.79 Å². The minimum atomic E-state index is -3.71. The molecule has 0 heterocycles. The molecule has 0 fully saturated rings. The number of carbonyl (C=O) groups is 1. The number of carbonyl (C=O) groups excluding carboxylic acids is 1. The van der Waals surface area contributed by atoms with E-state index in [1.807, 2.05) is 31.2 Å². The number of hydrogen-bond donors (Lipinski definition) is 1. The third kappa shape index (κ3) is 4.14. The van der Waals surface area contributed by atoms with Crippen LogP contribution >= 0.6 is 11.6 Å². The predicted octanol–water partition coefficient (Wildman–Crippen LogP) is 2.83. The van der Waals surface area contributed by atoms with Crippen molar-refractivity contribution in [3.8, 4) is 0 Å². The molecule has 7 heteroatoms. The molecule has 0 saturated carbocycles. The molecule has 5 nitrogen and oxygen atoms in total. The summed E-state index contributed by atoms with van der Waals surface area (Å²) in [5, 5.41) is 2.85. The number of nitrogens with one attached hydrogen (secondary N) is 1. The maximum absolute atomic E-state index is 12.3. The summed E-state index contributed by atoms with van der Waals surface area (Å²) in [6.07, 6.45) is 0. The molecule has 2 aromatic carbocycles. The third-order valence-corrected chi connectivity index (χ3v) is 5.82. The van der Waals surface area contributed by atoms with Crippen LogP contribution in [0.15, 0.2) is 47.4 Å². The minimum Gasteiger partial charge on any atom is -0.348 e. The number of nitrogens with zero attached hydrogens (tertiary/aromatic N) is 1. The van der Waals surface area contributed by atoms with Gasteiger partial charge < -0.3 is 5.32 Å². The fraction of sp³-hybridized carbons (Fsp3) is 0.235. The maximum atomic E-state index is 12.3. The van der Waals surface area contributed by atoms with Crippen LogP contribution in [0.25, 0.3) is 0 Å². The van der Waals surface area contributed by atoms with Gasteiger partial charge >= 0.3 is 0 Å². The highest BCUT2D eigenvalue weighted by Gasteiger charge is 2.22. The Morgan fingerprint density at radius 2 is 1.75 bits per heavy atom. The molecule has 0 spiro atoms. The molecule has 0 aromatic heterocycles. The van der Waals surface area contributed by atoms with E-state index in [0.29, 0.717) is 6.54 Å². The van der Waals surface area contributed by atoms with Crippen molar-refractivity contribution < 1.29 is 13.2 Å². The molecule has 1 amide bonds. The van der Waals surface area contributed by atoms with Crippen molar-refractivity contribution in [3.05, 3.63) is 64.2 Å². The Morgan fingerprint density at radius 1 is 1.12 bits per heavy atom. The van der Waals surface area contributed by atoms with Crippen molar-refractivity contribution in [2.45, 2.75) is 18.4 Å². The van der Waals surface area contributed by atoms with Crippen LogP contribution in [-0.2, 0) is 16.6 Å². The summed E-state index contributed by atoms with van der Waals surface area (Å²) in [5.74, 6) is -0.359. The van der Waals surface area contributed by atoms with Gasteiger partial charge in [0.05, 0.1) is 5.02 Å². The number of hydrogen-bond acceptors (Lipinski definition) is 3. The van der Waals surface area contributed by atoms with Crippen LogP contribution in [0.5, 0.6) is 0 Å². The second-order valence-corrected chi connectivity index (χ2v) is 8.13. The number of benzene rings is 2. The Kier molecular flexibility index (Phi) is 5.64. The van der Waals surface area contributed by atoms with Crippen LogP contribution in [0.4, 0.5) is 0 Å². The zero-order chi connectivity index (χ0) is 17.9. The molecule has 2 rings (SSSR count). The molecule has 0 saturated heterocycles. The first-order valence-corrected chi connectivity index (χ1v) is 9.09. The molecule has 0 radical (unpaired) electrons. The first-order valence-electron chi connectivity index (χ1n) is 7.27. The van der Waals surface area contributed by atoms with E-state index in [1.165, 1.54) is 32.3 Å². The van der Waals surface area contributed by atoms with E-state index in [1.54, 1.807) is 0 Å². The van der Waals surface area contributed by atoms with E-state index in [2.05, 4.69) is 5.32 Å². The van der Waals surface area contributed by atoms with E-state index in [-0.39, 0.29) is 21.4 Å². The minimum absolute atomic E-state index is 0.0822. The highest BCUT2D eigenvalue weighted by atomic mass is 35.5. The molecule has 0 bridgehead atoms. The summed E-state index contributed by atoms with van der Waals surface area (Å²) in [6.45, 7) is 2.35. The molecule has 2 aromatic rings. The van der Waals surface area contributed by atoms with Gasteiger partial charge in [0.25, 0.3) is 5.91 Å². The molecule has 1 N–H and O–H groups in total. The van der Waals surface area contributed by atoms with Gasteiger partial charge in [-0.25, -0.2) is 12.7 Å². The van der Waals surface area contributed by atoms with E-state index in [9.17, 15) is 13.2 Å². The van der Waals surface area contributed by atoms with Crippen molar-refractivity contribution in [2.75, 3.05) is 14.1 Å². The highest BCUT2D eigenvalue weighted by molar-refractivity contribution is 7.89. The van der Waals surface area contributed by atoms with Crippen LogP contribution < -0.4 is 5.32 Å². The number of rotatable bonds is 5. The van der Waals surface area contributed by atoms with Gasteiger partial charge in [0.1, 0.15) is 4.90 Å². The Morgan fingerprint density at radius 3 is 2.33 bits per heavy atom. The van der Waals surface area contributed by atoms with Crippen molar-refractivity contribution in [2.24, 2.45) is 0 Å². The smallest absolute Gasteiger partial charge is 0.251 e. The van der Waals surface area contributed by atoms with E-state index in [0.717, 1.165) is 15.4 Å². The number of sulfonamides is 1. The zero-order valence-electron chi connectivity index (χ0n) is 13.7. The molecule has 24 heavy (non-hydrogen) atoms. The summed E-state index contributed by atoms with van der Waals surface area (Å²) < 4.78 is 25.6. The van der Waals surface area contributed by atoms with E-state index >= 15 is 0 Å². The molecule has 0 atom stereocenters. The largest absolute Gasteiger partial charge is 0.348 e. The van der Waals surface area contributed by atoms with Gasteiger partial charge in [0.2, 0.25) is 10.0 Å². The van der Waals surface area contributed by atoms with Gasteiger partial charge in [0.15, 0.2) is 0 Å². The first-order chi connectivity index (χ1) is 11.2. The first kappa shape index (κ1) is 18.4. The second kappa shape index (κ2) is 7.34. The monoisotopic (exact) mass is 366 g/mol. The van der Waals surface area contributed by atoms with E-state index in [4.69, 9.17) is 11.6 Å². The van der Waals surface area contributed by atoms with Crippen LogP contribution in [-0.4, -0.2) is 32.7 Å². The fourth-order valence-corrected chi connectivity index (χ4v) is 3.42. The summed E-state index contributed by atoms with van der Waals surface area (Å²) in [5.41, 5.74) is 2.34. The molecule has 0 aliphatic heterocycles. The summed E-state index contributed by atoms with van der Waals surface area (Å²) >= 11 is 5.98. The van der Waals surface area contributed by atoms with Gasteiger partial charge in [-0.2, -0.15) is 0 Å². The van der Waals surface area contributed by atoms with Crippen LogP contribution in [0.3, 0.4) is 0 Å². The van der Waals surface area contributed by atoms with Crippen molar-refractivity contribution in [1.82, 2.24) is 9.62 Å². The quantitative estimate of drug-likeness (QED) is 0.884.